The lowest BCUT2D eigenvalue weighted by Crippen LogP contribution is -2.25. The largest absolute Gasteiger partial charge is 0.326 e. The van der Waals surface area contributed by atoms with E-state index in [4.69, 9.17) is 5.73 Å². The molecule has 0 aliphatic rings. The molecule has 5 heteroatoms. The van der Waals surface area contributed by atoms with E-state index in [0.717, 1.165) is 34.5 Å². The van der Waals surface area contributed by atoms with E-state index in [2.05, 4.69) is 16.9 Å². The van der Waals surface area contributed by atoms with Crippen molar-refractivity contribution in [3.8, 4) is 11.4 Å². The van der Waals surface area contributed by atoms with Crippen LogP contribution < -0.4 is 5.73 Å². The fraction of sp³-hybridized carbons (Fsp3) is 0.294. The van der Waals surface area contributed by atoms with E-state index in [1.165, 1.54) is 12.1 Å². The van der Waals surface area contributed by atoms with Crippen molar-refractivity contribution in [3.05, 3.63) is 47.9 Å². The Balaban J connectivity index is 2.18. The molecule has 114 valence electrons. The van der Waals surface area contributed by atoms with Crippen molar-refractivity contribution in [1.29, 1.82) is 0 Å². The molecule has 2 N–H and O–H groups in total. The molecule has 1 atom stereocenters. The van der Waals surface area contributed by atoms with Crippen molar-refractivity contribution in [3.63, 3.8) is 0 Å². The first kappa shape index (κ1) is 14.7. The third kappa shape index (κ3) is 2.72. The summed E-state index contributed by atoms with van der Waals surface area (Å²) in [6.45, 7) is 4.68. The minimum Gasteiger partial charge on any atom is -0.326 e. The Hall–Kier alpha value is -2.27. The highest BCUT2D eigenvalue weighted by atomic mass is 19.1. The number of benzene rings is 1. The third-order valence-corrected chi connectivity index (χ3v) is 3.77. The second-order valence-electron chi connectivity index (χ2n) is 5.58. The first-order valence-corrected chi connectivity index (χ1v) is 7.43. The fourth-order valence-electron chi connectivity index (χ4n) is 2.47. The molecule has 22 heavy (non-hydrogen) atoms. The molecular formula is C17H19FN4. The van der Waals surface area contributed by atoms with E-state index in [0.29, 0.717) is 6.54 Å². The Morgan fingerprint density at radius 1 is 1.27 bits per heavy atom. The van der Waals surface area contributed by atoms with E-state index < -0.39 is 0 Å². The fourth-order valence-corrected chi connectivity index (χ4v) is 2.47. The number of pyridine rings is 1. The monoisotopic (exact) mass is 298 g/mol. The van der Waals surface area contributed by atoms with Crippen LogP contribution in [0.5, 0.6) is 0 Å². The molecular weight excluding hydrogens is 279 g/mol. The van der Waals surface area contributed by atoms with Gasteiger partial charge in [-0.3, -0.25) is 0 Å². The van der Waals surface area contributed by atoms with E-state index in [1.54, 1.807) is 12.1 Å². The Morgan fingerprint density at radius 2 is 2.00 bits per heavy atom. The van der Waals surface area contributed by atoms with Gasteiger partial charge < -0.3 is 10.3 Å². The second-order valence-corrected chi connectivity index (χ2v) is 5.58. The maximum Gasteiger partial charge on any atom is 0.160 e. The average molecular weight is 298 g/mol. The van der Waals surface area contributed by atoms with Crippen molar-refractivity contribution in [1.82, 2.24) is 14.5 Å². The van der Waals surface area contributed by atoms with Gasteiger partial charge in [-0.2, -0.15) is 0 Å². The predicted octanol–water partition coefficient (Wildman–Crippen LogP) is 3.28. The van der Waals surface area contributed by atoms with Crippen molar-refractivity contribution in [2.24, 2.45) is 5.73 Å². The van der Waals surface area contributed by atoms with Gasteiger partial charge in [0.05, 0.1) is 0 Å². The van der Waals surface area contributed by atoms with Gasteiger partial charge in [0.1, 0.15) is 17.2 Å². The number of nitrogens with zero attached hydrogens (tertiary/aromatic N) is 3. The molecule has 1 unspecified atom stereocenters. The summed E-state index contributed by atoms with van der Waals surface area (Å²) in [4.78, 5) is 9.19. The van der Waals surface area contributed by atoms with Crippen LogP contribution in [0.25, 0.3) is 22.6 Å². The maximum absolute atomic E-state index is 13.2. The molecule has 0 amide bonds. The highest BCUT2D eigenvalue weighted by molar-refractivity contribution is 5.77. The highest BCUT2D eigenvalue weighted by Gasteiger charge is 2.15. The number of nitrogens with two attached hydrogens (primary N) is 1. The predicted molar refractivity (Wildman–Crippen MR) is 85.9 cm³/mol. The molecule has 0 saturated heterocycles. The smallest absolute Gasteiger partial charge is 0.160 e. The number of imidazole rings is 1. The van der Waals surface area contributed by atoms with E-state index in [-0.39, 0.29) is 11.9 Å². The topological polar surface area (TPSA) is 56.7 Å². The van der Waals surface area contributed by atoms with Crippen LogP contribution >= 0.6 is 0 Å². The Kier molecular flexibility index (Phi) is 3.90. The molecule has 1 aromatic carbocycles. The maximum atomic E-state index is 13.2. The Morgan fingerprint density at radius 3 is 2.68 bits per heavy atom. The summed E-state index contributed by atoms with van der Waals surface area (Å²) >= 11 is 0. The number of hydrogen-bond acceptors (Lipinski definition) is 3. The van der Waals surface area contributed by atoms with Gasteiger partial charge in [0, 0.05) is 24.3 Å². The number of rotatable bonds is 4. The van der Waals surface area contributed by atoms with Gasteiger partial charge in [0.15, 0.2) is 5.65 Å². The van der Waals surface area contributed by atoms with E-state index >= 15 is 0 Å². The van der Waals surface area contributed by atoms with Crippen molar-refractivity contribution < 1.29 is 4.39 Å². The summed E-state index contributed by atoms with van der Waals surface area (Å²) in [6.07, 6.45) is 2.70. The molecule has 3 rings (SSSR count). The molecule has 0 bridgehead atoms. The molecule has 0 aliphatic heterocycles. The second kappa shape index (κ2) is 5.85. The van der Waals surface area contributed by atoms with Gasteiger partial charge in [-0.25, -0.2) is 14.4 Å². The number of aryl methyl sites for hydroxylation is 1. The molecule has 4 nitrogen and oxygen atoms in total. The lowest BCUT2D eigenvalue weighted by molar-refractivity contribution is 0.549. The zero-order valence-electron chi connectivity index (χ0n) is 12.8. The first-order chi connectivity index (χ1) is 10.6. The molecule has 2 aromatic heterocycles. The summed E-state index contributed by atoms with van der Waals surface area (Å²) in [7, 11) is 0. The summed E-state index contributed by atoms with van der Waals surface area (Å²) in [5.41, 5.74) is 9.69. The average Bonchev–Trinajstić information content (AvgIpc) is 2.85. The van der Waals surface area contributed by atoms with Crippen LogP contribution in [0.3, 0.4) is 0 Å². The molecule has 0 radical (unpaired) electrons. The van der Waals surface area contributed by atoms with Crippen LogP contribution in [0.15, 0.2) is 36.5 Å². The molecule has 3 aromatic rings. The van der Waals surface area contributed by atoms with Gasteiger partial charge in [-0.05, 0) is 49.2 Å². The number of halogens is 1. The minimum atomic E-state index is -0.259. The summed E-state index contributed by atoms with van der Waals surface area (Å²) in [6, 6.07) is 8.38. The first-order valence-electron chi connectivity index (χ1n) is 7.43. The van der Waals surface area contributed by atoms with Crippen molar-refractivity contribution in [2.45, 2.75) is 32.9 Å². The SMILES string of the molecule is CCC(N)Cn1c(-c2ccc(F)cc2)nc2cc(C)cnc21. The van der Waals surface area contributed by atoms with Crippen LogP contribution in [-0.2, 0) is 6.54 Å². The van der Waals surface area contributed by atoms with Gasteiger partial charge in [-0.1, -0.05) is 6.92 Å². The molecule has 0 saturated carbocycles. The zero-order valence-corrected chi connectivity index (χ0v) is 12.8. The Bertz CT molecular complexity index is 792. The van der Waals surface area contributed by atoms with Gasteiger partial charge >= 0.3 is 0 Å². The molecule has 0 fully saturated rings. The van der Waals surface area contributed by atoms with Crippen LogP contribution in [-0.4, -0.2) is 20.6 Å². The van der Waals surface area contributed by atoms with Gasteiger partial charge in [0.2, 0.25) is 0 Å². The van der Waals surface area contributed by atoms with Gasteiger partial charge in [0.25, 0.3) is 0 Å². The van der Waals surface area contributed by atoms with Crippen molar-refractivity contribution >= 4 is 11.2 Å². The lowest BCUT2D eigenvalue weighted by atomic mass is 10.2. The zero-order chi connectivity index (χ0) is 15.7. The quantitative estimate of drug-likeness (QED) is 0.804. The molecule has 0 aliphatic carbocycles. The van der Waals surface area contributed by atoms with Crippen LogP contribution in [0.1, 0.15) is 18.9 Å². The van der Waals surface area contributed by atoms with E-state index in [1.807, 2.05) is 23.8 Å². The normalized spacial score (nSPS) is 12.7. The highest BCUT2D eigenvalue weighted by Crippen LogP contribution is 2.25. The Labute approximate surface area is 128 Å². The third-order valence-electron chi connectivity index (χ3n) is 3.77. The number of hydrogen-bond donors (Lipinski definition) is 1. The van der Waals surface area contributed by atoms with Crippen LogP contribution in [0, 0.1) is 12.7 Å². The van der Waals surface area contributed by atoms with Gasteiger partial charge in [-0.15, -0.1) is 0 Å². The lowest BCUT2D eigenvalue weighted by Gasteiger charge is -2.13. The summed E-state index contributed by atoms with van der Waals surface area (Å²) in [5.74, 6) is 0.516. The molecule has 0 spiro atoms. The van der Waals surface area contributed by atoms with E-state index in [9.17, 15) is 4.39 Å². The summed E-state index contributed by atoms with van der Waals surface area (Å²) < 4.78 is 15.2. The standard InChI is InChI=1S/C17H19FN4/c1-3-14(19)10-22-16(12-4-6-13(18)7-5-12)21-15-8-11(2)9-20-17(15)22/h4-9,14H,3,10,19H2,1-2H3. The minimum absolute atomic E-state index is 0.0275. The van der Waals surface area contributed by atoms with Crippen LogP contribution in [0.2, 0.25) is 0 Å². The van der Waals surface area contributed by atoms with Crippen molar-refractivity contribution in [2.75, 3.05) is 0 Å². The number of fused-ring (bicyclic) bond motifs is 1. The summed E-state index contributed by atoms with van der Waals surface area (Å²) in [5, 5.41) is 0. The van der Waals surface area contributed by atoms with Crippen LogP contribution in [0.4, 0.5) is 4.39 Å². The molecule has 2 heterocycles. The number of aromatic nitrogens is 3.